The van der Waals surface area contributed by atoms with Crippen molar-refractivity contribution in [1.82, 2.24) is 20.1 Å². The summed E-state index contributed by atoms with van der Waals surface area (Å²) >= 11 is 5.99. The Morgan fingerprint density at radius 2 is 1.91 bits per heavy atom. The van der Waals surface area contributed by atoms with Crippen LogP contribution in [0.15, 0.2) is 28.7 Å². The van der Waals surface area contributed by atoms with E-state index in [0.717, 1.165) is 75.0 Å². The summed E-state index contributed by atoms with van der Waals surface area (Å²) < 4.78 is 5.91. The molecule has 1 N–H and O–H groups in total. The second-order valence-electron chi connectivity index (χ2n) is 9.82. The molecular weight excluding hydrogens is 448 g/mol. The van der Waals surface area contributed by atoms with Gasteiger partial charge >= 0.3 is 0 Å². The van der Waals surface area contributed by atoms with Gasteiger partial charge in [0.15, 0.2) is 0 Å². The van der Waals surface area contributed by atoms with Crippen molar-refractivity contribution in [3.05, 3.63) is 40.7 Å². The second kappa shape index (κ2) is 12.2. The number of nitrogens with zero attached hydrogens (tertiary/aromatic N) is 3. The molecule has 2 aliphatic heterocycles. The Kier molecular flexibility index (Phi) is 9.04. The first kappa shape index (κ1) is 25.2. The van der Waals surface area contributed by atoms with E-state index in [-0.39, 0.29) is 11.8 Å². The predicted molar refractivity (Wildman–Crippen MR) is 137 cm³/mol. The van der Waals surface area contributed by atoms with Gasteiger partial charge in [-0.1, -0.05) is 24.9 Å². The molecule has 2 saturated heterocycles. The van der Waals surface area contributed by atoms with Crippen molar-refractivity contribution in [2.75, 3.05) is 32.7 Å². The molecule has 3 heterocycles. The number of carbonyl (C=O) groups is 1. The van der Waals surface area contributed by atoms with E-state index in [2.05, 4.69) is 22.0 Å². The van der Waals surface area contributed by atoms with E-state index >= 15 is 0 Å². The molecule has 186 valence electrons. The molecule has 0 bridgehead atoms. The summed E-state index contributed by atoms with van der Waals surface area (Å²) in [5.41, 5.74) is 1.90. The highest BCUT2D eigenvalue weighted by atomic mass is 35.5. The largest absolute Gasteiger partial charge is 0.441 e. The molecule has 1 amide bonds. The third kappa shape index (κ3) is 6.61. The van der Waals surface area contributed by atoms with Crippen molar-refractivity contribution >= 4 is 17.5 Å². The number of carbonyl (C=O) groups excluding carboxylic acids is 1. The maximum atomic E-state index is 12.7. The number of piperidine rings is 2. The lowest BCUT2D eigenvalue weighted by molar-refractivity contribution is -0.126. The molecule has 2 aromatic rings. The Bertz CT molecular complexity index is 921. The smallest absolute Gasteiger partial charge is 0.226 e. The van der Waals surface area contributed by atoms with Crippen LogP contribution < -0.4 is 5.32 Å². The molecule has 1 atom stereocenters. The fourth-order valence-electron chi connectivity index (χ4n) is 5.31. The summed E-state index contributed by atoms with van der Waals surface area (Å²) in [4.78, 5) is 22.4. The summed E-state index contributed by atoms with van der Waals surface area (Å²) in [6, 6.07) is 8.29. The van der Waals surface area contributed by atoms with Crippen LogP contribution in [0.4, 0.5) is 0 Å². The molecule has 6 nitrogen and oxygen atoms in total. The minimum absolute atomic E-state index is 0.123. The molecule has 7 heteroatoms. The second-order valence-corrected chi connectivity index (χ2v) is 10.3. The number of likely N-dealkylation sites (tertiary alicyclic amines) is 2. The fraction of sp³-hybridized carbons (Fsp3) is 0.630. The van der Waals surface area contributed by atoms with Crippen LogP contribution in [-0.4, -0.2) is 59.5 Å². The molecule has 1 unspecified atom stereocenters. The van der Waals surface area contributed by atoms with Gasteiger partial charge in [-0.05, 0) is 89.3 Å². The third-order valence-corrected chi connectivity index (χ3v) is 7.71. The Balaban J connectivity index is 1.18. The van der Waals surface area contributed by atoms with E-state index in [0.29, 0.717) is 10.9 Å². The van der Waals surface area contributed by atoms with Gasteiger partial charge in [-0.15, -0.1) is 0 Å². The van der Waals surface area contributed by atoms with Gasteiger partial charge in [0.05, 0.1) is 5.69 Å². The third-order valence-electron chi connectivity index (χ3n) is 7.46. The Morgan fingerprint density at radius 3 is 2.65 bits per heavy atom. The molecule has 2 aliphatic rings. The zero-order valence-corrected chi connectivity index (χ0v) is 21.4. The molecule has 2 fully saturated rings. The molecular formula is C27H39ClN4O2. The van der Waals surface area contributed by atoms with Crippen molar-refractivity contribution < 1.29 is 9.21 Å². The van der Waals surface area contributed by atoms with E-state index < -0.39 is 0 Å². The minimum atomic E-state index is 0.123. The average Bonchev–Trinajstić information content (AvgIpc) is 3.22. The molecule has 0 spiro atoms. The quantitative estimate of drug-likeness (QED) is 0.488. The Labute approximate surface area is 209 Å². The molecule has 0 saturated carbocycles. The van der Waals surface area contributed by atoms with Gasteiger partial charge in [0.2, 0.25) is 11.8 Å². The van der Waals surface area contributed by atoms with E-state index in [1.54, 1.807) is 0 Å². The molecule has 34 heavy (non-hydrogen) atoms. The summed E-state index contributed by atoms with van der Waals surface area (Å²) in [6.45, 7) is 9.94. The normalized spacial score (nSPS) is 20.5. The summed E-state index contributed by atoms with van der Waals surface area (Å²) in [6.07, 6.45) is 8.09. The van der Waals surface area contributed by atoms with Gasteiger partial charge in [0, 0.05) is 42.2 Å². The lowest BCUT2D eigenvalue weighted by atomic mass is 9.95. The van der Waals surface area contributed by atoms with E-state index in [1.807, 2.05) is 31.2 Å². The van der Waals surface area contributed by atoms with Crippen LogP contribution in [0.25, 0.3) is 11.5 Å². The highest BCUT2D eigenvalue weighted by molar-refractivity contribution is 6.30. The van der Waals surface area contributed by atoms with Crippen LogP contribution in [0, 0.1) is 12.8 Å². The number of hydrogen-bond donors (Lipinski definition) is 1. The van der Waals surface area contributed by atoms with Gasteiger partial charge in [-0.3, -0.25) is 9.69 Å². The van der Waals surface area contributed by atoms with Crippen molar-refractivity contribution in [3.8, 4) is 11.5 Å². The van der Waals surface area contributed by atoms with Crippen LogP contribution in [0.5, 0.6) is 0 Å². The molecule has 1 aromatic carbocycles. The number of halogens is 1. The number of rotatable bonds is 9. The van der Waals surface area contributed by atoms with Gasteiger partial charge in [0.1, 0.15) is 5.76 Å². The topological polar surface area (TPSA) is 61.6 Å². The van der Waals surface area contributed by atoms with E-state index in [4.69, 9.17) is 21.0 Å². The molecule has 1 aromatic heterocycles. The maximum absolute atomic E-state index is 12.7. The summed E-state index contributed by atoms with van der Waals surface area (Å²) in [5, 5.41) is 3.90. The first-order valence-electron chi connectivity index (χ1n) is 13.0. The Hall–Kier alpha value is -1.89. The van der Waals surface area contributed by atoms with Crippen LogP contribution in [0.1, 0.15) is 63.3 Å². The number of amides is 1. The van der Waals surface area contributed by atoms with Crippen molar-refractivity contribution in [3.63, 3.8) is 0 Å². The fourth-order valence-corrected chi connectivity index (χ4v) is 5.44. The number of oxazole rings is 1. The van der Waals surface area contributed by atoms with Gasteiger partial charge in [-0.25, -0.2) is 4.98 Å². The van der Waals surface area contributed by atoms with Crippen molar-refractivity contribution in [2.24, 2.45) is 5.92 Å². The highest BCUT2D eigenvalue weighted by Crippen LogP contribution is 2.26. The number of hydrogen-bond acceptors (Lipinski definition) is 5. The van der Waals surface area contributed by atoms with Crippen LogP contribution in [-0.2, 0) is 11.3 Å². The van der Waals surface area contributed by atoms with Crippen molar-refractivity contribution in [2.45, 2.75) is 71.4 Å². The molecule has 0 aliphatic carbocycles. The Morgan fingerprint density at radius 1 is 1.15 bits per heavy atom. The maximum Gasteiger partial charge on any atom is 0.226 e. The average molecular weight is 487 g/mol. The van der Waals surface area contributed by atoms with Crippen molar-refractivity contribution in [1.29, 1.82) is 0 Å². The number of aryl methyl sites for hydroxylation is 1. The minimum Gasteiger partial charge on any atom is -0.441 e. The number of aromatic nitrogens is 1. The number of nitrogens with one attached hydrogen (secondary N) is 1. The van der Waals surface area contributed by atoms with Crippen LogP contribution in [0.2, 0.25) is 5.02 Å². The summed E-state index contributed by atoms with van der Waals surface area (Å²) in [5.74, 6) is 1.84. The number of benzene rings is 1. The van der Waals surface area contributed by atoms with E-state index in [1.165, 1.54) is 32.2 Å². The molecule has 4 rings (SSSR count). The lowest BCUT2D eigenvalue weighted by Crippen LogP contribution is -2.42. The zero-order chi connectivity index (χ0) is 23.9. The standard InChI is InChI=1S/C27H39ClN4O2/c1-3-24-7-4-5-15-32(24)16-6-14-29-26(33)21-12-17-31(18-13-21)19-25-20(2)34-27(30-25)22-8-10-23(28)11-9-22/h8-11,21,24H,3-7,12-19H2,1-2H3,(H,29,33). The zero-order valence-electron chi connectivity index (χ0n) is 20.7. The predicted octanol–water partition coefficient (Wildman–Crippen LogP) is 5.29. The monoisotopic (exact) mass is 486 g/mol. The van der Waals surface area contributed by atoms with Gasteiger partial charge < -0.3 is 14.6 Å². The van der Waals surface area contributed by atoms with Gasteiger partial charge in [-0.2, -0.15) is 0 Å². The van der Waals surface area contributed by atoms with Crippen LogP contribution in [0.3, 0.4) is 0 Å². The van der Waals surface area contributed by atoms with Gasteiger partial charge in [0.25, 0.3) is 0 Å². The van der Waals surface area contributed by atoms with Crippen LogP contribution >= 0.6 is 11.6 Å². The first-order valence-corrected chi connectivity index (χ1v) is 13.4. The lowest BCUT2D eigenvalue weighted by Gasteiger charge is -2.35. The SMILES string of the molecule is CCC1CCCCN1CCCNC(=O)C1CCN(Cc2nc(-c3ccc(Cl)cc3)oc2C)CC1. The molecule has 0 radical (unpaired) electrons. The highest BCUT2D eigenvalue weighted by Gasteiger charge is 2.26. The first-order chi connectivity index (χ1) is 16.5. The van der Waals surface area contributed by atoms with E-state index in [9.17, 15) is 4.79 Å². The summed E-state index contributed by atoms with van der Waals surface area (Å²) in [7, 11) is 0.